The van der Waals surface area contributed by atoms with E-state index in [0.717, 1.165) is 5.56 Å². The highest BCUT2D eigenvalue weighted by Gasteiger charge is 2.22. The molecule has 2 N–H and O–H groups in total. The number of nitrogens with zero attached hydrogens (tertiary/aromatic N) is 1. The fraction of sp³-hybridized carbons (Fsp3) is 0.222. The molecule has 0 radical (unpaired) electrons. The molecular weight excluding hydrogens is 308 g/mol. The number of amides is 2. The van der Waals surface area contributed by atoms with Crippen molar-refractivity contribution < 1.29 is 19.4 Å². The minimum atomic E-state index is -0.774. The molecule has 0 spiro atoms. The van der Waals surface area contributed by atoms with Gasteiger partial charge in [0.05, 0.1) is 19.4 Å². The Morgan fingerprint density at radius 1 is 1.08 bits per heavy atom. The molecule has 0 saturated carbocycles. The van der Waals surface area contributed by atoms with Crippen molar-refractivity contribution in [1.29, 1.82) is 0 Å². The summed E-state index contributed by atoms with van der Waals surface area (Å²) in [7, 11) is 1.49. The van der Waals surface area contributed by atoms with Gasteiger partial charge in [-0.05, 0) is 17.7 Å². The standard InChI is InChI=1S/C18H20N2O4/c1-24-16-10-6-5-9-15(16)19-17(22)18(23)20(11-12-21)13-14-7-3-2-4-8-14/h2-10,21H,11-13H2,1H3,(H,19,22). The van der Waals surface area contributed by atoms with Gasteiger partial charge in [0.1, 0.15) is 5.75 Å². The quantitative estimate of drug-likeness (QED) is 0.791. The van der Waals surface area contributed by atoms with Crippen molar-refractivity contribution in [3.05, 3.63) is 60.2 Å². The molecule has 0 unspecified atom stereocenters. The summed E-state index contributed by atoms with van der Waals surface area (Å²) in [6.07, 6.45) is 0. The number of ether oxygens (including phenoxy) is 1. The predicted molar refractivity (Wildman–Crippen MR) is 90.6 cm³/mol. The number of aliphatic hydroxyl groups excluding tert-OH is 1. The molecule has 2 aromatic rings. The second kappa shape index (κ2) is 8.69. The first-order valence-corrected chi connectivity index (χ1v) is 7.53. The van der Waals surface area contributed by atoms with Gasteiger partial charge in [0.2, 0.25) is 0 Å². The Balaban J connectivity index is 2.09. The SMILES string of the molecule is COc1ccccc1NC(=O)C(=O)N(CCO)Cc1ccccc1. The molecule has 0 fully saturated rings. The number of hydrogen-bond donors (Lipinski definition) is 2. The molecule has 0 aromatic heterocycles. The van der Waals surface area contributed by atoms with Gasteiger partial charge in [-0.3, -0.25) is 9.59 Å². The van der Waals surface area contributed by atoms with Crippen molar-refractivity contribution in [1.82, 2.24) is 4.90 Å². The molecule has 0 saturated heterocycles. The molecule has 126 valence electrons. The van der Waals surface area contributed by atoms with Gasteiger partial charge in [0.25, 0.3) is 0 Å². The maximum Gasteiger partial charge on any atom is 0.314 e. The van der Waals surface area contributed by atoms with Crippen molar-refractivity contribution >= 4 is 17.5 Å². The van der Waals surface area contributed by atoms with Crippen molar-refractivity contribution in [2.45, 2.75) is 6.54 Å². The summed E-state index contributed by atoms with van der Waals surface area (Å²) in [5.74, 6) is -1.02. The smallest absolute Gasteiger partial charge is 0.314 e. The molecule has 0 aliphatic carbocycles. The number of para-hydroxylation sites is 2. The molecule has 0 aliphatic heterocycles. The summed E-state index contributed by atoms with van der Waals surface area (Å²) in [4.78, 5) is 26.0. The van der Waals surface area contributed by atoms with Crippen LogP contribution >= 0.6 is 0 Å². The summed E-state index contributed by atoms with van der Waals surface area (Å²) < 4.78 is 5.15. The summed E-state index contributed by atoms with van der Waals surface area (Å²) >= 11 is 0. The van der Waals surface area contributed by atoms with Crippen LogP contribution in [0.5, 0.6) is 5.75 Å². The van der Waals surface area contributed by atoms with E-state index >= 15 is 0 Å². The lowest BCUT2D eigenvalue weighted by Crippen LogP contribution is -2.40. The maximum atomic E-state index is 12.4. The van der Waals surface area contributed by atoms with Crippen molar-refractivity contribution in [2.75, 3.05) is 25.6 Å². The Morgan fingerprint density at radius 2 is 1.75 bits per heavy atom. The second-order valence-electron chi connectivity index (χ2n) is 5.09. The zero-order valence-electron chi connectivity index (χ0n) is 13.4. The lowest BCUT2D eigenvalue weighted by molar-refractivity contribution is -0.143. The van der Waals surface area contributed by atoms with Crippen molar-refractivity contribution in [3.63, 3.8) is 0 Å². The van der Waals surface area contributed by atoms with Gasteiger partial charge in [-0.15, -0.1) is 0 Å². The fourth-order valence-corrected chi connectivity index (χ4v) is 2.24. The number of methoxy groups -OCH3 is 1. The van der Waals surface area contributed by atoms with Gasteiger partial charge < -0.3 is 20.1 Å². The van der Waals surface area contributed by atoms with Gasteiger partial charge in [-0.1, -0.05) is 42.5 Å². The number of carbonyl (C=O) groups excluding carboxylic acids is 2. The van der Waals surface area contributed by atoms with E-state index in [4.69, 9.17) is 4.74 Å². The van der Waals surface area contributed by atoms with Crippen molar-refractivity contribution in [2.24, 2.45) is 0 Å². The van der Waals surface area contributed by atoms with E-state index in [-0.39, 0.29) is 19.7 Å². The molecule has 0 heterocycles. The van der Waals surface area contributed by atoms with E-state index in [1.165, 1.54) is 12.0 Å². The van der Waals surface area contributed by atoms with Gasteiger partial charge in [0, 0.05) is 13.1 Å². The molecule has 0 atom stereocenters. The number of carbonyl (C=O) groups is 2. The second-order valence-corrected chi connectivity index (χ2v) is 5.09. The first-order chi connectivity index (χ1) is 11.7. The number of aliphatic hydroxyl groups is 1. The third kappa shape index (κ3) is 4.57. The maximum absolute atomic E-state index is 12.4. The lowest BCUT2D eigenvalue weighted by Gasteiger charge is -2.21. The Morgan fingerprint density at radius 3 is 2.42 bits per heavy atom. The van der Waals surface area contributed by atoms with Crippen LogP contribution < -0.4 is 10.1 Å². The number of nitrogens with one attached hydrogen (secondary N) is 1. The van der Waals surface area contributed by atoms with Crippen LogP contribution in [0.15, 0.2) is 54.6 Å². The van der Waals surface area contributed by atoms with Gasteiger partial charge in [-0.25, -0.2) is 0 Å². The summed E-state index contributed by atoms with van der Waals surface area (Å²) in [5, 5.41) is 11.7. The van der Waals surface area contributed by atoms with E-state index in [1.54, 1.807) is 24.3 Å². The van der Waals surface area contributed by atoms with E-state index in [2.05, 4.69) is 5.32 Å². The molecule has 0 aliphatic rings. The average molecular weight is 328 g/mol. The lowest BCUT2D eigenvalue weighted by atomic mass is 10.2. The summed E-state index contributed by atoms with van der Waals surface area (Å²) in [6, 6.07) is 16.1. The Bertz CT molecular complexity index is 688. The monoisotopic (exact) mass is 328 g/mol. The topological polar surface area (TPSA) is 78.9 Å². The highest BCUT2D eigenvalue weighted by Crippen LogP contribution is 2.23. The van der Waals surface area contributed by atoms with Gasteiger partial charge >= 0.3 is 11.8 Å². The minimum Gasteiger partial charge on any atom is -0.495 e. The Labute approximate surface area is 140 Å². The fourth-order valence-electron chi connectivity index (χ4n) is 2.24. The zero-order chi connectivity index (χ0) is 17.4. The summed E-state index contributed by atoms with van der Waals surface area (Å²) in [6.45, 7) is 0.104. The van der Waals surface area contributed by atoms with Crippen LogP contribution in [0.4, 0.5) is 5.69 Å². The van der Waals surface area contributed by atoms with E-state index < -0.39 is 11.8 Å². The van der Waals surface area contributed by atoms with Crippen LogP contribution in [0.2, 0.25) is 0 Å². The van der Waals surface area contributed by atoms with E-state index in [9.17, 15) is 14.7 Å². The van der Waals surface area contributed by atoms with Crippen LogP contribution in [0.3, 0.4) is 0 Å². The third-order valence-corrected chi connectivity index (χ3v) is 3.42. The number of hydrogen-bond acceptors (Lipinski definition) is 4. The molecule has 6 nitrogen and oxygen atoms in total. The highest BCUT2D eigenvalue weighted by atomic mass is 16.5. The zero-order valence-corrected chi connectivity index (χ0v) is 13.4. The van der Waals surface area contributed by atoms with Gasteiger partial charge in [0.15, 0.2) is 0 Å². The largest absolute Gasteiger partial charge is 0.495 e. The normalized spacial score (nSPS) is 10.1. The molecule has 2 rings (SSSR count). The molecule has 6 heteroatoms. The molecule has 2 amide bonds. The minimum absolute atomic E-state index is 0.0765. The van der Waals surface area contributed by atoms with Crippen LogP contribution in [0.1, 0.15) is 5.56 Å². The predicted octanol–water partition coefficient (Wildman–Crippen LogP) is 1.65. The first-order valence-electron chi connectivity index (χ1n) is 7.53. The van der Waals surface area contributed by atoms with Gasteiger partial charge in [-0.2, -0.15) is 0 Å². The Hall–Kier alpha value is -2.86. The number of rotatable bonds is 6. The average Bonchev–Trinajstić information content (AvgIpc) is 2.62. The van der Waals surface area contributed by atoms with Crippen LogP contribution in [0.25, 0.3) is 0 Å². The molecule has 2 aromatic carbocycles. The summed E-state index contributed by atoms with van der Waals surface area (Å²) in [5.41, 5.74) is 1.30. The number of benzene rings is 2. The first kappa shape index (κ1) is 17.5. The molecule has 0 bridgehead atoms. The Kier molecular flexibility index (Phi) is 6.33. The molecular formula is C18H20N2O4. The van der Waals surface area contributed by atoms with Crippen molar-refractivity contribution in [3.8, 4) is 5.75 Å². The third-order valence-electron chi connectivity index (χ3n) is 3.42. The van der Waals surface area contributed by atoms with E-state index in [0.29, 0.717) is 11.4 Å². The van der Waals surface area contributed by atoms with E-state index in [1.807, 2.05) is 30.3 Å². The number of anilines is 1. The highest BCUT2D eigenvalue weighted by molar-refractivity contribution is 6.39. The van der Waals surface area contributed by atoms with Crippen LogP contribution in [-0.2, 0) is 16.1 Å². The molecule has 24 heavy (non-hydrogen) atoms. The van der Waals surface area contributed by atoms with Crippen LogP contribution in [0, 0.1) is 0 Å². The van der Waals surface area contributed by atoms with Crippen LogP contribution in [-0.4, -0.2) is 42.1 Å².